The zero-order chi connectivity index (χ0) is 21.2. The average Bonchev–Trinajstić information content (AvgIpc) is 3.54. The van der Waals surface area contributed by atoms with Crippen LogP contribution in [0.5, 0.6) is 0 Å². The van der Waals surface area contributed by atoms with Gasteiger partial charge in [-0.3, -0.25) is 15.2 Å². The third-order valence-electron chi connectivity index (χ3n) is 4.52. The summed E-state index contributed by atoms with van der Waals surface area (Å²) < 4.78 is 6.93. The molecule has 0 radical (unpaired) electrons. The van der Waals surface area contributed by atoms with E-state index >= 15 is 0 Å². The largest absolute Gasteiger partial charge is 0.340 e. The first-order chi connectivity index (χ1) is 15.2. The lowest BCUT2D eigenvalue weighted by Gasteiger charge is -2.07. The first kappa shape index (κ1) is 18.9. The van der Waals surface area contributed by atoms with Gasteiger partial charge in [0.15, 0.2) is 5.65 Å². The maximum Gasteiger partial charge on any atom is 0.340 e. The molecule has 0 spiro atoms. The van der Waals surface area contributed by atoms with Crippen LogP contribution < -0.4 is 10.9 Å². The van der Waals surface area contributed by atoms with Crippen LogP contribution in [0.1, 0.15) is 20.9 Å². The van der Waals surface area contributed by atoms with Gasteiger partial charge in [-0.05, 0) is 36.6 Å². The molecule has 0 bridgehead atoms. The number of hydrazine groups is 1. The Morgan fingerprint density at radius 1 is 1.23 bits per heavy atom. The molecule has 0 saturated heterocycles. The lowest BCUT2D eigenvalue weighted by Crippen LogP contribution is -2.29. The smallest absolute Gasteiger partial charge is 0.313 e. The number of fused-ring (bicyclic) bond motifs is 1. The number of pyridine rings is 2. The number of aryl methyl sites for hydroxylation is 1. The number of nitrogens with one attached hydrogen (secondary N) is 2. The van der Waals surface area contributed by atoms with Gasteiger partial charge in [0, 0.05) is 28.5 Å². The molecule has 10 nitrogen and oxygen atoms in total. The van der Waals surface area contributed by atoms with E-state index in [0.29, 0.717) is 34.7 Å². The van der Waals surface area contributed by atoms with E-state index < -0.39 is 0 Å². The molecular weight excluding hydrogens is 416 g/mol. The summed E-state index contributed by atoms with van der Waals surface area (Å²) in [6.07, 6.45) is 4.92. The summed E-state index contributed by atoms with van der Waals surface area (Å²) in [5.41, 5.74) is 7.81. The zero-order valence-electron chi connectivity index (χ0n) is 16.3. The van der Waals surface area contributed by atoms with Gasteiger partial charge in [-0.15, -0.1) is 11.3 Å². The van der Waals surface area contributed by atoms with Crippen LogP contribution in [0.3, 0.4) is 0 Å². The standard InChI is InChI=1S/C20H16N8O2S/c1-12-9-15(16-10-22-28(18(16)23-12)11-14-3-2-8-31-14)19(29)25-26-20-24-17(27-30-20)13-4-6-21-7-5-13/h2-10H,11H2,1H3,(H,25,29)(H,24,26,27). The predicted molar refractivity (Wildman–Crippen MR) is 114 cm³/mol. The van der Waals surface area contributed by atoms with Gasteiger partial charge < -0.3 is 4.52 Å². The Kier molecular flexibility index (Phi) is 4.84. The van der Waals surface area contributed by atoms with Crippen LogP contribution in [-0.2, 0) is 6.54 Å². The Morgan fingerprint density at radius 3 is 2.90 bits per heavy atom. The summed E-state index contributed by atoms with van der Waals surface area (Å²) in [4.78, 5) is 26.7. The number of hydrogen-bond donors (Lipinski definition) is 2. The summed E-state index contributed by atoms with van der Waals surface area (Å²) in [5.74, 6) is 0.0194. The second kappa shape index (κ2) is 7.95. The Bertz CT molecular complexity index is 1340. The molecule has 0 saturated carbocycles. The van der Waals surface area contributed by atoms with E-state index in [1.54, 1.807) is 52.8 Å². The maximum absolute atomic E-state index is 12.9. The topological polar surface area (TPSA) is 124 Å². The molecule has 0 aliphatic carbocycles. The third kappa shape index (κ3) is 3.85. The Balaban J connectivity index is 1.35. The summed E-state index contributed by atoms with van der Waals surface area (Å²) >= 11 is 1.65. The first-order valence-electron chi connectivity index (χ1n) is 9.33. The molecule has 11 heteroatoms. The van der Waals surface area contributed by atoms with Crippen LogP contribution in [0.15, 0.2) is 58.8 Å². The van der Waals surface area contributed by atoms with Crippen LogP contribution in [0.4, 0.5) is 6.01 Å². The van der Waals surface area contributed by atoms with E-state index in [1.165, 1.54) is 0 Å². The van der Waals surface area contributed by atoms with Gasteiger partial charge in [0.1, 0.15) is 0 Å². The molecular formula is C20H16N8O2S. The number of hydrogen-bond acceptors (Lipinski definition) is 9. The molecule has 5 aromatic rings. The molecule has 5 rings (SSSR count). The molecule has 0 aliphatic heterocycles. The Labute approximate surface area is 179 Å². The number of carbonyl (C=O) groups excluding carboxylic acids is 1. The average molecular weight is 432 g/mol. The lowest BCUT2D eigenvalue weighted by atomic mass is 10.1. The van der Waals surface area contributed by atoms with Gasteiger partial charge in [0.05, 0.1) is 23.7 Å². The number of amides is 1. The van der Waals surface area contributed by atoms with Crippen molar-refractivity contribution < 1.29 is 9.32 Å². The van der Waals surface area contributed by atoms with Crippen molar-refractivity contribution in [2.75, 3.05) is 5.43 Å². The number of thiophene rings is 1. The van der Waals surface area contributed by atoms with E-state index in [4.69, 9.17) is 4.52 Å². The molecule has 154 valence electrons. The van der Waals surface area contributed by atoms with Crippen molar-refractivity contribution in [1.29, 1.82) is 0 Å². The van der Waals surface area contributed by atoms with Crippen LogP contribution in [-0.4, -0.2) is 35.8 Å². The predicted octanol–water partition coefficient (Wildman–Crippen LogP) is 3.05. The molecule has 0 aromatic carbocycles. The second-order valence-electron chi connectivity index (χ2n) is 6.67. The summed E-state index contributed by atoms with van der Waals surface area (Å²) in [7, 11) is 0. The quantitative estimate of drug-likeness (QED) is 0.392. The van der Waals surface area contributed by atoms with Crippen molar-refractivity contribution in [2.24, 2.45) is 0 Å². The highest BCUT2D eigenvalue weighted by molar-refractivity contribution is 7.09. The molecule has 2 N–H and O–H groups in total. The molecule has 1 amide bonds. The van der Waals surface area contributed by atoms with Crippen molar-refractivity contribution >= 4 is 34.3 Å². The van der Waals surface area contributed by atoms with Gasteiger partial charge in [-0.2, -0.15) is 10.1 Å². The van der Waals surface area contributed by atoms with E-state index in [-0.39, 0.29) is 11.9 Å². The minimum absolute atomic E-state index is 0.0653. The van der Waals surface area contributed by atoms with Gasteiger partial charge in [0.2, 0.25) is 5.82 Å². The highest BCUT2D eigenvalue weighted by atomic mass is 32.1. The summed E-state index contributed by atoms with van der Waals surface area (Å²) in [6.45, 7) is 2.43. The van der Waals surface area contributed by atoms with Crippen molar-refractivity contribution in [2.45, 2.75) is 13.5 Å². The highest BCUT2D eigenvalue weighted by Crippen LogP contribution is 2.21. The highest BCUT2D eigenvalue weighted by Gasteiger charge is 2.17. The SMILES string of the molecule is Cc1cc(C(=O)NNc2nc(-c3ccncc3)no2)c2cnn(Cc3cccs3)c2n1. The third-order valence-corrected chi connectivity index (χ3v) is 5.38. The number of nitrogens with zero attached hydrogens (tertiary/aromatic N) is 6. The molecule has 5 heterocycles. The number of aromatic nitrogens is 6. The zero-order valence-corrected chi connectivity index (χ0v) is 17.1. The lowest BCUT2D eigenvalue weighted by molar-refractivity contribution is 0.0962. The van der Waals surface area contributed by atoms with Crippen LogP contribution in [0.25, 0.3) is 22.4 Å². The van der Waals surface area contributed by atoms with Crippen molar-refractivity contribution in [1.82, 2.24) is 35.3 Å². The minimum Gasteiger partial charge on any atom is -0.313 e. The molecule has 0 aliphatic rings. The number of anilines is 1. The van der Waals surface area contributed by atoms with E-state index in [9.17, 15) is 4.79 Å². The van der Waals surface area contributed by atoms with Gasteiger partial charge in [-0.1, -0.05) is 11.2 Å². The molecule has 5 aromatic heterocycles. The van der Waals surface area contributed by atoms with Crippen LogP contribution in [0.2, 0.25) is 0 Å². The van der Waals surface area contributed by atoms with Gasteiger partial charge >= 0.3 is 6.01 Å². The summed E-state index contributed by atoms with van der Waals surface area (Å²) in [6, 6.07) is 9.33. The normalized spacial score (nSPS) is 11.0. The van der Waals surface area contributed by atoms with Crippen molar-refractivity contribution in [3.8, 4) is 11.4 Å². The minimum atomic E-state index is -0.366. The maximum atomic E-state index is 12.9. The number of rotatable bonds is 6. The fraction of sp³-hybridized carbons (Fsp3) is 0.100. The van der Waals surface area contributed by atoms with E-state index in [1.807, 2.05) is 24.4 Å². The molecule has 0 atom stereocenters. The van der Waals surface area contributed by atoms with E-state index in [2.05, 4.69) is 36.1 Å². The first-order valence-corrected chi connectivity index (χ1v) is 10.2. The fourth-order valence-corrected chi connectivity index (χ4v) is 3.78. The van der Waals surface area contributed by atoms with Crippen molar-refractivity contribution in [3.05, 3.63) is 70.4 Å². The number of carbonyl (C=O) groups is 1. The van der Waals surface area contributed by atoms with Gasteiger partial charge in [-0.25, -0.2) is 15.1 Å². The molecule has 0 unspecified atom stereocenters. The van der Waals surface area contributed by atoms with E-state index in [0.717, 1.165) is 10.4 Å². The molecule has 0 fully saturated rings. The van der Waals surface area contributed by atoms with Crippen LogP contribution in [0, 0.1) is 6.92 Å². The summed E-state index contributed by atoms with van der Waals surface area (Å²) in [5, 5.41) is 11.0. The monoisotopic (exact) mass is 432 g/mol. The fourth-order valence-electron chi connectivity index (χ4n) is 3.10. The van der Waals surface area contributed by atoms with Crippen LogP contribution >= 0.6 is 11.3 Å². The Hall–Kier alpha value is -4.12. The second-order valence-corrected chi connectivity index (χ2v) is 7.70. The van der Waals surface area contributed by atoms with Crippen molar-refractivity contribution in [3.63, 3.8) is 0 Å². The Morgan fingerprint density at radius 2 is 2.10 bits per heavy atom. The van der Waals surface area contributed by atoms with Gasteiger partial charge in [0.25, 0.3) is 5.91 Å². The molecule has 31 heavy (non-hydrogen) atoms.